The largest absolute Gasteiger partial charge is 0.493 e. The molecule has 0 amide bonds. The van der Waals surface area contributed by atoms with Gasteiger partial charge < -0.3 is 19.5 Å². The fourth-order valence-corrected chi connectivity index (χ4v) is 5.39. The minimum absolute atomic E-state index is 0.0582. The van der Waals surface area contributed by atoms with E-state index in [1.54, 1.807) is 21.3 Å². The van der Waals surface area contributed by atoms with E-state index in [-0.39, 0.29) is 17.0 Å². The number of ketones is 2. The summed E-state index contributed by atoms with van der Waals surface area (Å²) in [5.74, 6) is 0.924. The number of hydrogen-bond acceptors (Lipinski definition) is 6. The second-order valence-electron chi connectivity index (χ2n) is 9.51. The molecule has 0 spiro atoms. The van der Waals surface area contributed by atoms with Crippen molar-refractivity contribution in [3.05, 3.63) is 69.9 Å². The van der Waals surface area contributed by atoms with Crippen molar-refractivity contribution in [3.8, 4) is 17.2 Å². The number of rotatable bonds is 4. The number of methoxy groups -OCH3 is 3. The smallest absolute Gasteiger partial charge is 0.203 e. The number of Topliss-reactive ketones (excluding diaryl/α,β-unsaturated/α-hetero) is 2. The maximum absolute atomic E-state index is 13.6. The Hall–Kier alpha value is -3.54. The van der Waals surface area contributed by atoms with Crippen LogP contribution in [0.2, 0.25) is 0 Å². The van der Waals surface area contributed by atoms with E-state index in [0.717, 1.165) is 28.9 Å². The lowest BCUT2D eigenvalue weighted by Gasteiger charge is -2.39. The van der Waals surface area contributed by atoms with Crippen LogP contribution in [0.5, 0.6) is 17.2 Å². The molecule has 0 saturated carbocycles. The van der Waals surface area contributed by atoms with Crippen molar-refractivity contribution in [2.24, 2.45) is 5.41 Å². The third-order valence-electron chi connectivity index (χ3n) is 6.75. The molecule has 1 heterocycles. The van der Waals surface area contributed by atoms with Gasteiger partial charge in [0.15, 0.2) is 23.1 Å². The molecule has 0 fully saturated rings. The topological polar surface area (TPSA) is 73.9 Å². The zero-order valence-corrected chi connectivity index (χ0v) is 19.5. The lowest BCUT2D eigenvalue weighted by atomic mass is 9.68. The summed E-state index contributed by atoms with van der Waals surface area (Å²) in [6, 6.07) is 11.3. The Morgan fingerprint density at radius 3 is 2.12 bits per heavy atom. The first kappa shape index (κ1) is 21.3. The average molecular weight is 446 g/mol. The zero-order valence-electron chi connectivity index (χ0n) is 19.5. The molecule has 6 nitrogen and oxygen atoms in total. The first-order chi connectivity index (χ1) is 15.8. The number of ether oxygens (including phenoxy) is 3. The molecular weight excluding hydrogens is 418 g/mol. The van der Waals surface area contributed by atoms with Crippen molar-refractivity contribution < 1.29 is 23.8 Å². The van der Waals surface area contributed by atoms with Gasteiger partial charge in [-0.1, -0.05) is 38.1 Å². The summed E-state index contributed by atoms with van der Waals surface area (Å²) in [4.78, 5) is 27.1. The van der Waals surface area contributed by atoms with Crippen molar-refractivity contribution in [2.45, 2.75) is 32.6 Å². The van der Waals surface area contributed by atoms with Crippen LogP contribution in [0.25, 0.3) is 5.70 Å². The summed E-state index contributed by atoms with van der Waals surface area (Å²) >= 11 is 0. The molecule has 1 aliphatic heterocycles. The van der Waals surface area contributed by atoms with Gasteiger partial charge >= 0.3 is 0 Å². The van der Waals surface area contributed by atoms with Gasteiger partial charge in [-0.3, -0.25) is 9.59 Å². The Balaban J connectivity index is 1.78. The fraction of sp³-hybridized carbons (Fsp3) is 0.333. The molecule has 0 aromatic heterocycles. The highest BCUT2D eigenvalue weighted by atomic mass is 16.5. The molecule has 170 valence electrons. The third-order valence-corrected chi connectivity index (χ3v) is 6.75. The van der Waals surface area contributed by atoms with Crippen molar-refractivity contribution in [1.82, 2.24) is 5.32 Å². The van der Waals surface area contributed by atoms with Gasteiger partial charge in [0, 0.05) is 40.3 Å². The van der Waals surface area contributed by atoms with E-state index in [1.807, 2.05) is 36.4 Å². The first-order valence-corrected chi connectivity index (χ1v) is 11.0. The van der Waals surface area contributed by atoms with E-state index in [9.17, 15) is 9.59 Å². The molecule has 3 aliphatic rings. The van der Waals surface area contributed by atoms with Gasteiger partial charge in [-0.25, -0.2) is 0 Å². The molecule has 2 aliphatic carbocycles. The van der Waals surface area contributed by atoms with Gasteiger partial charge in [0.25, 0.3) is 0 Å². The molecular formula is C27H27NO5. The molecule has 0 unspecified atom stereocenters. The lowest BCUT2D eigenvalue weighted by Crippen LogP contribution is -2.37. The van der Waals surface area contributed by atoms with Crippen LogP contribution < -0.4 is 19.5 Å². The van der Waals surface area contributed by atoms with Crippen LogP contribution in [0.3, 0.4) is 0 Å². The number of carbonyl (C=O) groups is 2. The van der Waals surface area contributed by atoms with Gasteiger partial charge in [0.2, 0.25) is 5.75 Å². The molecule has 0 saturated heterocycles. The molecule has 2 aromatic rings. The maximum Gasteiger partial charge on any atom is 0.203 e. The number of carbonyl (C=O) groups excluding carboxylic acids is 2. The van der Waals surface area contributed by atoms with Crippen molar-refractivity contribution >= 4 is 17.3 Å². The number of dihydropyridines is 1. The average Bonchev–Trinajstić information content (AvgIpc) is 3.07. The number of hydrogen-bond donors (Lipinski definition) is 1. The standard InChI is InChI=1S/C27H27NO5/c1-27(2)12-17-22(18(29)13-27)21(14-10-19(31-3)26(33-5)20(11-14)32-4)23-24(28-17)15-8-6-7-9-16(15)25(23)30/h6-11,21,28H,12-13H2,1-5H3/t21-/m1/s1. The molecule has 5 rings (SSSR count). The molecule has 33 heavy (non-hydrogen) atoms. The summed E-state index contributed by atoms with van der Waals surface area (Å²) in [7, 11) is 4.67. The predicted molar refractivity (Wildman–Crippen MR) is 125 cm³/mol. The molecule has 0 radical (unpaired) electrons. The summed E-state index contributed by atoms with van der Waals surface area (Å²) < 4.78 is 16.7. The van der Waals surface area contributed by atoms with Gasteiger partial charge in [-0.2, -0.15) is 0 Å². The van der Waals surface area contributed by atoms with Crippen LogP contribution >= 0.6 is 0 Å². The van der Waals surface area contributed by atoms with Gasteiger partial charge in [-0.15, -0.1) is 0 Å². The lowest BCUT2D eigenvalue weighted by molar-refractivity contribution is -0.118. The Morgan fingerprint density at radius 2 is 1.52 bits per heavy atom. The predicted octanol–water partition coefficient (Wildman–Crippen LogP) is 4.65. The number of fused-ring (bicyclic) bond motifs is 2. The van der Waals surface area contributed by atoms with E-state index in [4.69, 9.17) is 14.2 Å². The molecule has 0 bridgehead atoms. The minimum Gasteiger partial charge on any atom is -0.493 e. The Morgan fingerprint density at radius 1 is 0.879 bits per heavy atom. The Kier molecular flexibility index (Phi) is 4.85. The molecule has 1 atom stereocenters. The van der Waals surface area contributed by atoms with E-state index in [2.05, 4.69) is 19.2 Å². The molecule has 6 heteroatoms. The van der Waals surface area contributed by atoms with Gasteiger partial charge in [0.1, 0.15) is 0 Å². The van der Waals surface area contributed by atoms with Crippen molar-refractivity contribution in [2.75, 3.05) is 21.3 Å². The second-order valence-corrected chi connectivity index (χ2v) is 9.51. The SMILES string of the molecule is COc1cc([C@@H]2C3=C(CC(C)(C)CC3=O)NC3=C2C(=O)c2ccccc23)cc(OC)c1OC. The Bertz CT molecular complexity index is 1240. The van der Waals surface area contributed by atoms with Crippen LogP contribution in [0.4, 0.5) is 0 Å². The summed E-state index contributed by atoms with van der Waals surface area (Å²) in [6.07, 6.45) is 1.15. The summed E-state index contributed by atoms with van der Waals surface area (Å²) in [6.45, 7) is 4.20. The first-order valence-electron chi connectivity index (χ1n) is 11.0. The summed E-state index contributed by atoms with van der Waals surface area (Å²) in [5, 5.41) is 3.50. The van der Waals surface area contributed by atoms with Crippen molar-refractivity contribution in [3.63, 3.8) is 0 Å². The quantitative estimate of drug-likeness (QED) is 0.739. The monoisotopic (exact) mass is 445 g/mol. The summed E-state index contributed by atoms with van der Waals surface area (Å²) in [5.41, 5.74) is 5.05. The van der Waals surface area contributed by atoms with Crippen LogP contribution in [0.15, 0.2) is 53.2 Å². The van der Waals surface area contributed by atoms with E-state index in [1.165, 1.54) is 0 Å². The van der Waals surface area contributed by atoms with Gasteiger partial charge in [-0.05, 0) is 29.5 Å². The minimum atomic E-state index is -0.520. The van der Waals surface area contributed by atoms with Crippen LogP contribution in [-0.2, 0) is 4.79 Å². The van der Waals surface area contributed by atoms with Crippen LogP contribution in [-0.4, -0.2) is 32.9 Å². The van der Waals surface area contributed by atoms with E-state index < -0.39 is 5.92 Å². The fourth-order valence-electron chi connectivity index (χ4n) is 5.39. The Labute approximate surface area is 193 Å². The number of nitrogens with one attached hydrogen (secondary N) is 1. The zero-order chi connectivity index (χ0) is 23.5. The van der Waals surface area contributed by atoms with Crippen LogP contribution in [0, 0.1) is 5.41 Å². The third kappa shape index (κ3) is 3.16. The van der Waals surface area contributed by atoms with Gasteiger partial charge in [0.05, 0.1) is 27.0 Å². The highest BCUT2D eigenvalue weighted by molar-refractivity contribution is 6.23. The van der Waals surface area contributed by atoms with E-state index >= 15 is 0 Å². The second kappa shape index (κ2) is 7.51. The van der Waals surface area contributed by atoms with Crippen molar-refractivity contribution in [1.29, 1.82) is 0 Å². The van der Waals surface area contributed by atoms with Crippen LogP contribution in [0.1, 0.15) is 54.1 Å². The molecule has 1 N–H and O–H groups in total. The molecule has 2 aromatic carbocycles. The van der Waals surface area contributed by atoms with E-state index in [0.29, 0.717) is 40.4 Å². The maximum atomic E-state index is 13.6. The number of allylic oxidation sites excluding steroid dienone is 3. The highest BCUT2D eigenvalue weighted by Gasteiger charge is 2.46. The highest BCUT2D eigenvalue weighted by Crippen LogP contribution is 2.53. The normalized spacial score (nSPS) is 20.7. The number of benzene rings is 2.